The number of hydrogen-bond acceptors (Lipinski definition) is 4. The molecule has 2 N–H and O–H groups in total. The number of aliphatic carboxylic acids is 1. The monoisotopic (exact) mass is 261 g/mol. The van der Waals surface area contributed by atoms with Gasteiger partial charge in [0.15, 0.2) is 5.12 Å². The lowest BCUT2D eigenvalue weighted by Crippen LogP contribution is -2.25. The maximum atomic E-state index is 11.2. The van der Waals surface area contributed by atoms with E-state index in [0.717, 1.165) is 31.0 Å². The number of rotatable bonds is 9. The van der Waals surface area contributed by atoms with Crippen molar-refractivity contribution in [2.75, 3.05) is 12.3 Å². The number of carbonyl (C=O) groups is 3. The molecule has 0 radical (unpaired) electrons. The van der Waals surface area contributed by atoms with Crippen LogP contribution in [0.4, 0.5) is 0 Å². The minimum Gasteiger partial charge on any atom is -0.481 e. The van der Waals surface area contributed by atoms with Crippen molar-refractivity contribution in [1.29, 1.82) is 0 Å². The minimum absolute atomic E-state index is 0.00951. The van der Waals surface area contributed by atoms with Gasteiger partial charge < -0.3 is 10.4 Å². The Labute approximate surface area is 105 Å². The molecule has 0 spiro atoms. The first-order valence-electron chi connectivity index (χ1n) is 5.70. The number of carboxylic acids is 1. The van der Waals surface area contributed by atoms with Crippen molar-refractivity contribution in [3.63, 3.8) is 0 Å². The first-order chi connectivity index (χ1) is 8.06. The van der Waals surface area contributed by atoms with Crippen LogP contribution in [-0.2, 0) is 14.4 Å². The first-order valence-corrected chi connectivity index (χ1v) is 6.69. The zero-order valence-electron chi connectivity index (χ0n) is 10.0. The molecule has 0 unspecified atom stereocenters. The lowest BCUT2D eigenvalue weighted by molar-refractivity contribution is -0.138. The number of thioether (sulfide) groups is 1. The van der Waals surface area contributed by atoms with E-state index in [9.17, 15) is 14.4 Å². The molecule has 98 valence electrons. The van der Waals surface area contributed by atoms with Gasteiger partial charge in [-0.3, -0.25) is 14.4 Å². The van der Waals surface area contributed by atoms with Crippen LogP contribution in [0.15, 0.2) is 0 Å². The molecule has 6 heteroatoms. The van der Waals surface area contributed by atoms with Crippen LogP contribution in [0, 0.1) is 0 Å². The maximum Gasteiger partial charge on any atom is 0.311 e. The molecule has 0 fully saturated rings. The molecule has 0 rings (SSSR count). The fourth-order valence-corrected chi connectivity index (χ4v) is 1.81. The topological polar surface area (TPSA) is 83.5 Å². The van der Waals surface area contributed by atoms with E-state index in [1.807, 2.05) is 0 Å². The molecule has 0 aliphatic rings. The molecule has 0 aromatic heterocycles. The third kappa shape index (κ3) is 11.2. The van der Waals surface area contributed by atoms with Crippen molar-refractivity contribution in [3.8, 4) is 0 Å². The van der Waals surface area contributed by atoms with E-state index in [2.05, 4.69) is 12.2 Å². The normalized spacial score (nSPS) is 9.94. The Kier molecular flexibility index (Phi) is 9.52. The molecular weight excluding hydrogens is 242 g/mol. The number of carboxylic acid groups (broad SMARTS) is 1. The number of amides is 1. The third-order valence-corrected chi connectivity index (χ3v) is 2.86. The summed E-state index contributed by atoms with van der Waals surface area (Å²) in [5.74, 6) is -0.707. The van der Waals surface area contributed by atoms with Gasteiger partial charge in [-0.1, -0.05) is 31.5 Å². The average molecular weight is 261 g/mol. The number of unbranched alkanes of at least 4 members (excludes halogenated alkanes) is 2. The number of hydrogen-bond donors (Lipinski definition) is 2. The Morgan fingerprint density at radius 1 is 1.24 bits per heavy atom. The van der Waals surface area contributed by atoms with E-state index in [1.54, 1.807) is 0 Å². The van der Waals surface area contributed by atoms with Gasteiger partial charge in [0.2, 0.25) is 5.91 Å². The van der Waals surface area contributed by atoms with Crippen molar-refractivity contribution in [2.45, 2.75) is 39.0 Å². The summed E-state index contributed by atoms with van der Waals surface area (Å²) in [4.78, 5) is 32.4. The van der Waals surface area contributed by atoms with Crippen molar-refractivity contribution >= 4 is 28.8 Å². The molecule has 0 aromatic carbocycles. The van der Waals surface area contributed by atoms with Gasteiger partial charge in [-0.05, 0) is 6.42 Å². The summed E-state index contributed by atoms with van der Waals surface area (Å²) in [6.45, 7) is 2.48. The lowest BCUT2D eigenvalue weighted by Gasteiger charge is -2.03. The molecular formula is C11H19NO4S. The molecule has 0 aliphatic carbocycles. The molecule has 0 heterocycles. The van der Waals surface area contributed by atoms with E-state index >= 15 is 0 Å². The number of carbonyl (C=O) groups excluding carboxylic acids is 2. The summed E-state index contributed by atoms with van der Waals surface area (Å²) >= 11 is 0.941. The van der Waals surface area contributed by atoms with Gasteiger partial charge >= 0.3 is 5.97 Å². The van der Waals surface area contributed by atoms with Crippen molar-refractivity contribution in [2.24, 2.45) is 0 Å². The van der Waals surface area contributed by atoms with Crippen LogP contribution in [0.5, 0.6) is 0 Å². The van der Waals surface area contributed by atoms with E-state index < -0.39 is 12.4 Å². The van der Waals surface area contributed by atoms with Gasteiger partial charge in [0.25, 0.3) is 0 Å². The van der Waals surface area contributed by atoms with Crippen LogP contribution in [0.25, 0.3) is 0 Å². The second kappa shape index (κ2) is 10.1. The quantitative estimate of drug-likeness (QED) is 0.484. The third-order valence-electron chi connectivity index (χ3n) is 1.99. The summed E-state index contributed by atoms with van der Waals surface area (Å²) < 4.78 is 0. The summed E-state index contributed by atoms with van der Waals surface area (Å²) in [6.07, 6.45) is 3.05. The van der Waals surface area contributed by atoms with Crippen LogP contribution in [0.2, 0.25) is 0 Å². The highest BCUT2D eigenvalue weighted by Crippen LogP contribution is 2.04. The number of nitrogens with one attached hydrogen (secondary N) is 1. The van der Waals surface area contributed by atoms with Crippen LogP contribution < -0.4 is 5.32 Å². The van der Waals surface area contributed by atoms with E-state index in [4.69, 9.17) is 5.11 Å². The molecule has 0 saturated heterocycles. The smallest absolute Gasteiger partial charge is 0.311 e. The van der Waals surface area contributed by atoms with E-state index in [-0.39, 0.29) is 11.0 Å². The van der Waals surface area contributed by atoms with E-state index in [1.165, 1.54) is 0 Å². The summed E-state index contributed by atoms with van der Waals surface area (Å²) in [5, 5.41) is 10.7. The Hall–Kier alpha value is -1.04. The van der Waals surface area contributed by atoms with Crippen LogP contribution in [0.1, 0.15) is 39.0 Å². The van der Waals surface area contributed by atoms with Crippen LogP contribution in [0.3, 0.4) is 0 Å². The standard InChI is InChI=1S/C11H19NO4S/c1-2-3-4-5-9(13)12-6-7-17-11(16)8-10(14)15/h2-8H2,1H3,(H,12,13)(H,14,15). The summed E-state index contributed by atoms with van der Waals surface area (Å²) in [5.41, 5.74) is 0. The van der Waals surface area contributed by atoms with Crippen molar-refractivity contribution in [3.05, 3.63) is 0 Å². The van der Waals surface area contributed by atoms with Crippen LogP contribution >= 0.6 is 11.8 Å². The van der Waals surface area contributed by atoms with Gasteiger partial charge in [-0.2, -0.15) is 0 Å². The summed E-state index contributed by atoms with van der Waals surface area (Å²) in [7, 11) is 0. The van der Waals surface area contributed by atoms with Gasteiger partial charge in [-0.15, -0.1) is 0 Å². The van der Waals surface area contributed by atoms with Gasteiger partial charge in [0.05, 0.1) is 0 Å². The molecule has 0 atom stereocenters. The SMILES string of the molecule is CCCCCC(=O)NCCSC(=O)CC(=O)O. The van der Waals surface area contributed by atoms with Gasteiger partial charge in [0, 0.05) is 18.7 Å². The van der Waals surface area contributed by atoms with E-state index in [0.29, 0.717) is 18.7 Å². The molecule has 0 bridgehead atoms. The van der Waals surface area contributed by atoms with Crippen LogP contribution in [-0.4, -0.2) is 34.4 Å². The Balaban J connectivity index is 3.41. The molecule has 0 aliphatic heterocycles. The second-order valence-electron chi connectivity index (χ2n) is 3.60. The predicted molar refractivity (Wildman–Crippen MR) is 66.9 cm³/mol. The zero-order chi connectivity index (χ0) is 13.1. The molecule has 0 aromatic rings. The summed E-state index contributed by atoms with van der Waals surface area (Å²) in [6, 6.07) is 0. The molecule has 5 nitrogen and oxygen atoms in total. The largest absolute Gasteiger partial charge is 0.481 e. The molecule has 0 saturated carbocycles. The van der Waals surface area contributed by atoms with Crippen molar-refractivity contribution < 1.29 is 19.5 Å². The first kappa shape index (κ1) is 16.0. The Bertz CT molecular complexity index is 268. The lowest BCUT2D eigenvalue weighted by atomic mass is 10.2. The molecule has 1 amide bonds. The van der Waals surface area contributed by atoms with Gasteiger partial charge in [0.1, 0.15) is 6.42 Å². The highest BCUT2D eigenvalue weighted by atomic mass is 32.2. The zero-order valence-corrected chi connectivity index (χ0v) is 10.8. The predicted octanol–water partition coefficient (Wildman–Crippen LogP) is 1.42. The van der Waals surface area contributed by atoms with Crippen molar-refractivity contribution in [1.82, 2.24) is 5.32 Å². The minimum atomic E-state index is -1.12. The maximum absolute atomic E-state index is 11.2. The Morgan fingerprint density at radius 2 is 1.94 bits per heavy atom. The fraction of sp³-hybridized carbons (Fsp3) is 0.727. The highest BCUT2D eigenvalue weighted by molar-refractivity contribution is 8.13. The second-order valence-corrected chi connectivity index (χ2v) is 4.75. The highest BCUT2D eigenvalue weighted by Gasteiger charge is 2.08. The molecule has 17 heavy (non-hydrogen) atoms. The Morgan fingerprint density at radius 3 is 2.53 bits per heavy atom. The van der Waals surface area contributed by atoms with Gasteiger partial charge in [-0.25, -0.2) is 0 Å². The fourth-order valence-electron chi connectivity index (χ4n) is 1.15. The average Bonchev–Trinajstić information content (AvgIpc) is 2.24.